The van der Waals surface area contributed by atoms with Crippen molar-refractivity contribution in [2.24, 2.45) is 0 Å². The first-order chi connectivity index (χ1) is 32.5. The van der Waals surface area contributed by atoms with Crippen LogP contribution < -0.4 is 0 Å². The molecule has 0 spiro atoms. The van der Waals surface area contributed by atoms with E-state index in [-0.39, 0.29) is 31.1 Å². The van der Waals surface area contributed by atoms with Crippen molar-refractivity contribution in [2.75, 3.05) is 13.2 Å². The van der Waals surface area contributed by atoms with E-state index < -0.39 is 6.10 Å². The smallest absolute Gasteiger partial charge is 0.306 e. The molecular formula is C60H104O6. The zero-order chi connectivity index (χ0) is 47.9. The second-order valence-electron chi connectivity index (χ2n) is 18.5. The quantitative estimate of drug-likeness (QED) is 0.0262. The zero-order valence-corrected chi connectivity index (χ0v) is 43.4. The number of carbonyl (C=O) groups is 3. The fraction of sp³-hybridized carbons (Fsp3) is 0.750. The average Bonchev–Trinajstić information content (AvgIpc) is 3.31. The highest BCUT2D eigenvalue weighted by molar-refractivity contribution is 5.71. The molecule has 0 saturated heterocycles. The van der Waals surface area contributed by atoms with Crippen LogP contribution in [0.3, 0.4) is 0 Å². The van der Waals surface area contributed by atoms with Gasteiger partial charge in [0.05, 0.1) is 0 Å². The third kappa shape index (κ3) is 51.8. The molecule has 0 aliphatic heterocycles. The van der Waals surface area contributed by atoms with Gasteiger partial charge in [0.2, 0.25) is 0 Å². The van der Waals surface area contributed by atoms with Crippen molar-refractivity contribution in [3.05, 3.63) is 72.9 Å². The van der Waals surface area contributed by atoms with Crippen LogP contribution in [-0.4, -0.2) is 37.2 Å². The summed E-state index contributed by atoms with van der Waals surface area (Å²) in [5, 5.41) is 0. The van der Waals surface area contributed by atoms with Crippen molar-refractivity contribution in [2.45, 2.75) is 277 Å². The lowest BCUT2D eigenvalue weighted by Gasteiger charge is -2.18. The summed E-state index contributed by atoms with van der Waals surface area (Å²) >= 11 is 0. The molecule has 0 rings (SSSR count). The van der Waals surface area contributed by atoms with Gasteiger partial charge in [0.1, 0.15) is 13.2 Å². The highest BCUT2D eigenvalue weighted by Crippen LogP contribution is 2.15. The van der Waals surface area contributed by atoms with Gasteiger partial charge in [-0.15, -0.1) is 0 Å². The lowest BCUT2D eigenvalue weighted by Crippen LogP contribution is -2.30. The summed E-state index contributed by atoms with van der Waals surface area (Å²) in [5.74, 6) is -0.890. The van der Waals surface area contributed by atoms with Crippen molar-refractivity contribution >= 4 is 17.9 Å². The predicted octanol–water partition coefficient (Wildman–Crippen LogP) is 18.6. The Morgan fingerprint density at radius 3 is 0.955 bits per heavy atom. The first kappa shape index (κ1) is 62.8. The fourth-order valence-corrected chi connectivity index (χ4v) is 7.76. The molecule has 6 heteroatoms. The van der Waals surface area contributed by atoms with Gasteiger partial charge in [-0.25, -0.2) is 0 Å². The lowest BCUT2D eigenvalue weighted by atomic mass is 10.1. The summed E-state index contributed by atoms with van der Waals surface area (Å²) in [6.07, 6.45) is 69.2. The van der Waals surface area contributed by atoms with Crippen LogP contribution in [0.15, 0.2) is 72.9 Å². The number of unbranched alkanes of at least 4 members (excludes halogenated alkanes) is 27. The summed E-state index contributed by atoms with van der Waals surface area (Å²) in [6, 6.07) is 0. The van der Waals surface area contributed by atoms with Crippen LogP contribution >= 0.6 is 0 Å². The van der Waals surface area contributed by atoms with E-state index in [0.29, 0.717) is 19.3 Å². The van der Waals surface area contributed by atoms with E-state index in [1.807, 2.05) is 0 Å². The number of rotatable bonds is 50. The Morgan fingerprint density at radius 1 is 0.318 bits per heavy atom. The van der Waals surface area contributed by atoms with Gasteiger partial charge < -0.3 is 14.2 Å². The number of allylic oxidation sites excluding steroid dienone is 12. The molecule has 1 unspecified atom stereocenters. The SMILES string of the molecule is CC/C=C\C/C=C\C/C=C\C/C=C\CCCCCCCCCCCCC(=O)OCC(COC(=O)CCCCCCCC)OC(=O)CCCCCCCCCCC/C=C\C/C=C\CCCCC. The molecule has 0 radical (unpaired) electrons. The average molecular weight is 921 g/mol. The van der Waals surface area contributed by atoms with E-state index in [4.69, 9.17) is 14.2 Å². The van der Waals surface area contributed by atoms with E-state index in [9.17, 15) is 14.4 Å². The van der Waals surface area contributed by atoms with Gasteiger partial charge in [0, 0.05) is 19.3 Å². The fourth-order valence-electron chi connectivity index (χ4n) is 7.76. The van der Waals surface area contributed by atoms with Gasteiger partial charge in [-0.1, -0.05) is 235 Å². The predicted molar refractivity (Wildman–Crippen MR) is 284 cm³/mol. The second-order valence-corrected chi connectivity index (χ2v) is 18.5. The normalized spacial score (nSPS) is 12.6. The van der Waals surface area contributed by atoms with Crippen LogP contribution in [0.1, 0.15) is 271 Å². The van der Waals surface area contributed by atoms with E-state index in [1.54, 1.807) is 0 Å². The Kier molecular flexibility index (Phi) is 51.9. The van der Waals surface area contributed by atoms with Crippen molar-refractivity contribution in [1.82, 2.24) is 0 Å². The molecule has 0 aromatic carbocycles. The zero-order valence-electron chi connectivity index (χ0n) is 43.4. The summed E-state index contributed by atoms with van der Waals surface area (Å²) in [7, 11) is 0. The standard InChI is InChI=1S/C60H104O6/c1-4-7-10-13-16-18-20-22-24-26-28-29-30-31-33-34-36-38-40-42-44-47-50-53-59(62)65-56-57(55-64-58(61)52-49-46-15-12-9-6-3)66-60(63)54-51-48-45-43-41-39-37-35-32-27-25-23-21-19-17-14-11-8-5-2/h7,10,16-19,22-25,28-29,57H,4-6,8-9,11-15,20-21,26-27,30-56H2,1-3H3/b10-7-,18-16-,19-17-,24-22-,25-23-,29-28-. The van der Waals surface area contributed by atoms with Crippen molar-refractivity contribution in [3.63, 3.8) is 0 Å². The highest BCUT2D eigenvalue weighted by Gasteiger charge is 2.19. The summed E-state index contributed by atoms with van der Waals surface area (Å²) in [4.78, 5) is 37.9. The van der Waals surface area contributed by atoms with Crippen LogP contribution in [0.4, 0.5) is 0 Å². The minimum absolute atomic E-state index is 0.0776. The van der Waals surface area contributed by atoms with Gasteiger partial charge in [0.15, 0.2) is 6.10 Å². The minimum atomic E-state index is -0.776. The van der Waals surface area contributed by atoms with E-state index in [0.717, 1.165) is 89.9 Å². The molecule has 0 saturated carbocycles. The number of hydrogen-bond acceptors (Lipinski definition) is 6. The molecule has 0 heterocycles. The van der Waals surface area contributed by atoms with Gasteiger partial charge >= 0.3 is 17.9 Å². The van der Waals surface area contributed by atoms with Gasteiger partial charge in [-0.3, -0.25) is 14.4 Å². The second kappa shape index (κ2) is 54.5. The molecule has 0 fully saturated rings. The molecule has 0 bridgehead atoms. The maximum absolute atomic E-state index is 12.8. The van der Waals surface area contributed by atoms with Gasteiger partial charge in [0.25, 0.3) is 0 Å². The van der Waals surface area contributed by atoms with Gasteiger partial charge in [-0.05, 0) is 89.9 Å². The van der Waals surface area contributed by atoms with Crippen molar-refractivity contribution in [1.29, 1.82) is 0 Å². The Balaban J connectivity index is 4.16. The third-order valence-corrected chi connectivity index (χ3v) is 11.9. The molecule has 0 N–H and O–H groups in total. The largest absolute Gasteiger partial charge is 0.462 e. The molecule has 380 valence electrons. The van der Waals surface area contributed by atoms with Crippen LogP contribution in [0, 0.1) is 0 Å². The molecule has 0 aromatic heterocycles. The van der Waals surface area contributed by atoms with Crippen LogP contribution in [0.5, 0.6) is 0 Å². The number of hydrogen-bond donors (Lipinski definition) is 0. The maximum Gasteiger partial charge on any atom is 0.306 e. The first-order valence-corrected chi connectivity index (χ1v) is 27.9. The summed E-state index contributed by atoms with van der Waals surface area (Å²) in [6.45, 7) is 6.45. The number of carbonyl (C=O) groups excluding carboxylic acids is 3. The van der Waals surface area contributed by atoms with Crippen LogP contribution in [0.2, 0.25) is 0 Å². The topological polar surface area (TPSA) is 78.9 Å². The third-order valence-electron chi connectivity index (χ3n) is 11.9. The molecule has 0 aromatic rings. The number of esters is 3. The Labute approximate surface area is 408 Å². The Morgan fingerprint density at radius 2 is 0.591 bits per heavy atom. The molecule has 6 nitrogen and oxygen atoms in total. The van der Waals surface area contributed by atoms with E-state index >= 15 is 0 Å². The molecular weight excluding hydrogens is 817 g/mol. The Bertz CT molecular complexity index is 1240. The molecule has 1 atom stereocenters. The highest BCUT2D eigenvalue weighted by atomic mass is 16.6. The molecule has 0 aliphatic carbocycles. The van der Waals surface area contributed by atoms with Crippen LogP contribution in [0.25, 0.3) is 0 Å². The van der Waals surface area contributed by atoms with E-state index in [2.05, 4.69) is 93.7 Å². The Hall–Kier alpha value is -3.15. The number of ether oxygens (including phenoxy) is 3. The molecule has 66 heavy (non-hydrogen) atoms. The maximum atomic E-state index is 12.8. The summed E-state index contributed by atoms with van der Waals surface area (Å²) < 4.78 is 16.7. The monoisotopic (exact) mass is 921 g/mol. The lowest BCUT2D eigenvalue weighted by molar-refractivity contribution is -0.167. The molecule has 0 amide bonds. The van der Waals surface area contributed by atoms with Crippen molar-refractivity contribution < 1.29 is 28.6 Å². The molecule has 0 aliphatic rings. The van der Waals surface area contributed by atoms with Gasteiger partial charge in [-0.2, -0.15) is 0 Å². The summed E-state index contributed by atoms with van der Waals surface area (Å²) in [5.41, 5.74) is 0. The first-order valence-electron chi connectivity index (χ1n) is 27.9. The van der Waals surface area contributed by atoms with E-state index in [1.165, 1.54) is 141 Å². The van der Waals surface area contributed by atoms with Crippen LogP contribution in [-0.2, 0) is 28.6 Å². The minimum Gasteiger partial charge on any atom is -0.462 e. The van der Waals surface area contributed by atoms with Crippen molar-refractivity contribution in [3.8, 4) is 0 Å².